The Kier molecular flexibility index (Phi) is 5.15. The average molecular weight is 328 g/mol. The molecule has 2 aromatic rings. The highest BCUT2D eigenvalue weighted by atomic mass is 16.5. The number of carbonyl (C=O) groups is 1. The Morgan fingerprint density at radius 2 is 2.12 bits per heavy atom. The van der Waals surface area contributed by atoms with Crippen LogP contribution in [0.1, 0.15) is 25.8 Å². The van der Waals surface area contributed by atoms with Crippen LogP contribution in [-0.4, -0.2) is 46.0 Å². The topological polar surface area (TPSA) is 59.4 Å². The predicted molar refractivity (Wildman–Crippen MR) is 93.0 cm³/mol. The molecule has 1 aromatic heterocycles. The van der Waals surface area contributed by atoms with E-state index in [0.717, 1.165) is 6.42 Å². The molecule has 3 rings (SSSR count). The van der Waals surface area contributed by atoms with E-state index in [1.54, 1.807) is 6.20 Å². The van der Waals surface area contributed by atoms with E-state index in [9.17, 15) is 4.79 Å². The molecule has 0 saturated carbocycles. The lowest BCUT2D eigenvalue weighted by Gasteiger charge is -2.36. The van der Waals surface area contributed by atoms with Crippen molar-refractivity contribution < 1.29 is 9.53 Å². The largest absolute Gasteiger partial charge is 0.372 e. The molecule has 1 N–H and O–H groups in total. The van der Waals surface area contributed by atoms with Crippen LogP contribution in [0.25, 0.3) is 0 Å². The Morgan fingerprint density at radius 3 is 2.88 bits per heavy atom. The summed E-state index contributed by atoms with van der Waals surface area (Å²) >= 11 is 0. The zero-order valence-corrected chi connectivity index (χ0v) is 14.2. The van der Waals surface area contributed by atoms with Crippen molar-refractivity contribution in [1.82, 2.24) is 14.7 Å². The van der Waals surface area contributed by atoms with E-state index < -0.39 is 0 Å². The third-order valence-electron chi connectivity index (χ3n) is 4.14. The Morgan fingerprint density at radius 1 is 1.33 bits per heavy atom. The second-order valence-corrected chi connectivity index (χ2v) is 6.22. The van der Waals surface area contributed by atoms with Gasteiger partial charge in [0.2, 0.25) is 0 Å². The van der Waals surface area contributed by atoms with Crippen molar-refractivity contribution in [2.24, 2.45) is 0 Å². The Hall–Kier alpha value is -2.34. The fourth-order valence-corrected chi connectivity index (χ4v) is 2.92. The van der Waals surface area contributed by atoms with E-state index >= 15 is 0 Å². The molecule has 0 spiro atoms. The quantitative estimate of drug-likeness (QED) is 0.939. The van der Waals surface area contributed by atoms with Crippen molar-refractivity contribution in [1.29, 1.82) is 0 Å². The molecule has 1 aromatic carbocycles. The van der Waals surface area contributed by atoms with Crippen molar-refractivity contribution in [3.8, 4) is 0 Å². The number of hydrogen-bond donors (Lipinski definition) is 1. The lowest BCUT2D eigenvalue weighted by molar-refractivity contribution is -0.0632. The molecule has 6 heteroatoms. The van der Waals surface area contributed by atoms with Crippen LogP contribution in [0.2, 0.25) is 0 Å². The predicted octanol–water partition coefficient (Wildman–Crippen LogP) is 2.96. The summed E-state index contributed by atoms with van der Waals surface area (Å²) in [5.74, 6) is 0. The molecule has 0 radical (unpaired) electrons. The van der Waals surface area contributed by atoms with Gasteiger partial charge in [0.05, 0.1) is 30.6 Å². The number of urea groups is 1. The van der Waals surface area contributed by atoms with Crippen LogP contribution in [0, 0.1) is 0 Å². The summed E-state index contributed by atoms with van der Waals surface area (Å²) in [5, 5.41) is 7.25. The average Bonchev–Trinajstić information content (AvgIpc) is 3.02. The zero-order valence-electron chi connectivity index (χ0n) is 14.2. The number of carbonyl (C=O) groups excluding carboxylic acids is 1. The van der Waals surface area contributed by atoms with Gasteiger partial charge < -0.3 is 15.0 Å². The van der Waals surface area contributed by atoms with Gasteiger partial charge >= 0.3 is 6.03 Å². The molecule has 0 bridgehead atoms. The summed E-state index contributed by atoms with van der Waals surface area (Å²) in [6.07, 6.45) is 4.62. The van der Waals surface area contributed by atoms with E-state index in [1.165, 1.54) is 5.56 Å². The number of anilines is 1. The molecular formula is C18H24N4O2. The fourth-order valence-electron chi connectivity index (χ4n) is 2.92. The van der Waals surface area contributed by atoms with E-state index in [0.29, 0.717) is 25.3 Å². The van der Waals surface area contributed by atoms with E-state index in [1.807, 2.05) is 40.9 Å². The van der Waals surface area contributed by atoms with Crippen LogP contribution < -0.4 is 5.32 Å². The Labute approximate surface area is 142 Å². The fraction of sp³-hybridized carbons (Fsp3) is 0.444. The van der Waals surface area contributed by atoms with Gasteiger partial charge in [-0.1, -0.05) is 37.3 Å². The van der Waals surface area contributed by atoms with Gasteiger partial charge in [-0.2, -0.15) is 5.10 Å². The van der Waals surface area contributed by atoms with Gasteiger partial charge in [-0.05, 0) is 18.9 Å². The zero-order chi connectivity index (χ0) is 16.9. The minimum atomic E-state index is -0.0946. The summed E-state index contributed by atoms with van der Waals surface area (Å²) < 4.78 is 7.62. The molecule has 1 fully saturated rings. The number of nitrogens with zero attached hydrogens (tertiary/aromatic N) is 3. The first-order valence-electron chi connectivity index (χ1n) is 8.42. The van der Waals surface area contributed by atoms with E-state index in [2.05, 4.69) is 29.5 Å². The minimum absolute atomic E-state index is 0.0650. The molecule has 24 heavy (non-hydrogen) atoms. The first kappa shape index (κ1) is 16.5. The van der Waals surface area contributed by atoms with Crippen LogP contribution in [0.15, 0.2) is 42.7 Å². The summed E-state index contributed by atoms with van der Waals surface area (Å²) in [4.78, 5) is 14.3. The third-order valence-corrected chi connectivity index (χ3v) is 4.14. The maximum Gasteiger partial charge on any atom is 0.322 e. The van der Waals surface area contributed by atoms with Crippen LogP contribution in [0.5, 0.6) is 0 Å². The van der Waals surface area contributed by atoms with Gasteiger partial charge in [0.1, 0.15) is 0 Å². The number of nitrogens with one attached hydrogen (secondary N) is 1. The maximum absolute atomic E-state index is 12.5. The van der Waals surface area contributed by atoms with Crippen molar-refractivity contribution in [3.63, 3.8) is 0 Å². The summed E-state index contributed by atoms with van der Waals surface area (Å²) in [6, 6.07) is 10.0. The molecule has 0 aliphatic carbocycles. The van der Waals surface area contributed by atoms with Crippen molar-refractivity contribution >= 4 is 11.7 Å². The van der Waals surface area contributed by atoms with Crippen molar-refractivity contribution in [3.05, 3.63) is 48.3 Å². The monoisotopic (exact) mass is 328 g/mol. The first-order chi connectivity index (χ1) is 11.6. The minimum Gasteiger partial charge on any atom is -0.372 e. The molecule has 0 unspecified atom stereocenters. The molecule has 1 aliphatic heterocycles. The lowest BCUT2D eigenvalue weighted by atomic mass is 10.2. The van der Waals surface area contributed by atoms with Gasteiger partial charge in [0, 0.05) is 19.3 Å². The van der Waals surface area contributed by atoms with E-state index in [-0.39, 0.29) is 18.2 Å². The SMILES string of the molecule is CC[C@H]1CN(C(=O)Nc2cnn(Cc3ccccc3)c2)C[C@H](C)O1. The highest BCUT2D eigenvalue weighted by Gasteiger charge is 2.27. The van der Waals surface area contributed by atoms with Gasteiger partial charge in [0.15, 0.2) is 0 Å². The van der Waals surface area contributed by atoms with Gasteiger partial charge in [0.25, 0.3) is 0 Å². The molecular weight excluding hydrogens is 304 g/mol. The number of morpholine rings is 1. The molecule has 128 valence electrons. The summed E-state index contributed by atoms with van der Waals surface area (Å²) in [6.45, 7) is 6.00. The summed E-state index contributed by atoms with van der Waals surface area (Å²) in [7, 11) is 0. The smallest absolute Gasteiger partial charge is 0.322 e. The molecule has 6 nitrogen and oxygen atoms in total. The van der Waals surface area contributed by atoms with E-state index in [4.69, 9.17) is 4.74 Å². The third kappa shape index (κ3) is 4.14. The van der Waals surface area contributed by atoms with Crippen LogP contribution in [0.3, 0.4) is 0 Å². The molecule has 2 amide bonds. The number of amides is 2. The first-order valence-corrected chi connectivity index (χ1v) is 8.42. The number of benzene rings is 1. The number of rotatable bonds is 4. The second-order valence-electron chi connectivity index (χ2n) is 6.22. The Balaban J connectivity index is 1.59. The molecule has 2 atom stereocenters. The van der Waals surface area contributed by atoms with Crippen molar-refractivity contribution in [2.45, 2.75) is 39.0 Å². The lowest BCUT2D eigenvalue weighted by Crippen LogP contribution is -2.50. The second kappa shape index (κ2) is 7.49. The van der Waals surface area contributed by atoms with Crippen LogP contribution in [0.4, 0.5) is 10.5 Å². The Bertz CT molecular complexity index is 671. The molecule has 1 saturated heterocycles. The summed E-state index contributed by atoms with van der Waals surface area (Å²) in [5.41, 5.74) is 1.88. The number of ether oxygens (including phenoxy) is 1. The number of hydrogen-bond acceptors (Lipinski definition) is 3. The van der Waals surface area contributed by atoms with Gasteiger partial charge in [-0.25, -0.2) is 4.79 Å². The van der Waals surface area contributed by atoms with Gasteiger partial charge in [-0.3, -0.25) is 4.68 Å². The van der Waals surface area contributed by atoms with Crippen molar-refractivity contribution in [2.75, 3.05) is 18.4 Å². The highest BCUT2D eigenvalue weighted by molar-refractivity contribution is 5.89. The van der Waals surface area contributed by atoms with Crippen LogP contribution in [-0.2, 0) is 11.3 Å². The highest BCUT2D eigenvalue weighted by Crippen LogP contribution is 2.15. The number of aromatic nitrogens is 2. The molecule has 2 heterocycles. The normalized spacial score (nSPS) is 20.8. The standard InChI is InChI=1S/C18H24N4O2/c1-3-17-13-21(10-14(2)24-17)18(23)20-16-9-19-22(12-16)11-15-7-5-4-6-8-15/h4-9,12,14,17H,3,10-11,13H2,1-2H3,(H,20,23)/t14-,17-/m0/s1. The van der Waals surface area contributed by atoms with Crippen LogP contribution >= 0.6 is 0 Å². The molecule has 1 aliphatic rings. The van der Waals surface area contributed by atoms with Gasteiger partial charge in [-0.15, -0.1) is 0 Å². The maximum atomic E-state index is 12.5.